The molecule has 7 heteroatoms. The van der Waals surface area contributed by atoms with E-state index in [1.165, 1.54) is 11.3 Å². The van der Waals surface area contributed by atoms with Crippen LogP contribution in [0.4, 0.5) is 0 Å². The van der Waals surface area contributed by atoms with Crippen LogP contribution in [0.1, 0.15) is 18.5 Å². The average molecular weight is 337 g/mol. The normalized spacial score (nSPS) is 19.2. The third kappa shape index (κ3) is 3.55. The van der Waals surface area contributed by atoms with Gasteiger partial charge in [0.25, 0.3) is 0 Å². The smallest absolute Gasteiger partial charge is 0.240 e. The molecule has 1 aromatic heterocycles. The van der Waals surface area contributed by atoms with E-state index in [4.69, 9.17) is 0 Å². The van der Waals surface area contributed by atoms with Gasteiger partial charge in [-0.3, -0.25) is 0 Å². The molecule has 3 rings (SSSR count). The molecule has 1 atom stereocenters. The van der Waals surface area contributed by atoms with E-state index in [2.05, 4.69) is 15.0 Å². The third-order valence-corrected chi connectivity index (χ3v) is 6.16. The van der Waals surface area contributed by atoms with E-state index >= 15 is 0 Å². The van der Waals surface area contributed by atoms with Gasteiger partial charge in [-0.25, -0.2) is 18.1 Å². The Morgan fingerprint density at radius 2 is 2.27 bits per heavy atom. The number of benzene rings is 1. The Bertz CT molecular complexity index is 750. The average Bonchev–Trinajstić information content (AvgIpc) is 2.95. The van der Waals surface area contributed by atoms with Crippen LogP contribution >= 0.6 is 11.3 Å². The molecule has 22 heavy (non-hydrogen) atoms. The van der Waals surface area contributed by atoms with Crippen LogP contribution in [0.25, 0.3) is 10.6 Å². The number of thiazole rings is 1. The van der Waals surface area contributed by atoms with Crippen molar-refractivity contribution in [2.45, 2.75) is 30.7 Å². The fourth-order valence-electron chi connectivity index (χ4n) is 2.52. The van der Waals surface area contributed by atoms with Crippen LogP contribution in [0.15, 0.2) is 34.5 Å². The van der Waals surface area contributed by atoms with Crippen molar-refractivity contribution in [3.8, 4) is 10.6 Å². The second-order valence-electron chi connectivity index (χ2n) is 5.49. The lowest BCUT2D eigenvalue weighted by Crippen LogP contribution is -2.45. The third-order valence-electron chi connectivity index (χ3n) is 3.63. The summed E-state index contributed by atoms with van der Waals surface area (Å²) in [5, 5.41) is 6.02. The quantitative estimate of drug-likeness (QED) is 0.897. The van der Waals surface area contributed by atoms with Crippen molar-refractivity contribution in [3.63, 3.8) is 0 Å². The minimum atomic E-state index is -3.50. The lowest BCUT2D eigenvalue weighted by Gasteiger charge is -2.23. The summed E-state index contributed by atoms with van der Waals surface area (Å²) in [5.41, 5.74) is 1.78. The summed E-state index contributed by atoms with van der Waals surface area (Å²) < 4.78 is 27.9. The first-order chi connectivity index (χ1) is 10.5. The van der Waals surface area contributed by atoms with Crippen LogP contribution in [-0.2, 0) is 10.0 Å². The van der Waals surface area contributed by atoms with Crippen LogP contribution in [0.5, 0.6) is 0 Å². The molecule has 0 amide bonds. The largest absolute Gasteiger partial charge is 0.315 e. The molecule has 1 aliphatic heterocycles. The number of piperidine rings is 1. The Labute approximate surface area is 134 Å². The summed E-state index contributed by atoms with van der Waals surface area (Å²) in [5.74, 6) is 0. The first-order valence-corrected chi connectivity index (χ1v) is 9.66. The number of hydrogen-bond donors (Lipinski definition) is 2. The number of rotatable bonds is 4. The second-order valence-corrected chi connectivity index (χ2v) is 8.06. The second kappa shape index (κ2) is 6.45. The van der Waals surface area contributed by atoms with Gasteiger partial charge in [0.15, 0.2) is 0 Å². The van der Waals surface area contributed by atoms with Crippen LogP contribution < -0.4 is 10.0 Å². The summed E-state index contributed by atoms with van der Waals surface area (Å²) in [6.45, 7) is 3.57. The molecule has 0 bridgehead atoms. The van der Waals surface area contributed by atoms with Crippen LogP contribution in [0.2, 0.25) is 0 Å². The Balaban J connectivity index is 1.84. The van der Waals surface area contributed by atoms with Crippen LogP contribution in [0.3, 0.4) is 0 Å². The van der Waals surface area contributed by atoms with Crippen LogP contribution in [-0.4, -0.2) is 32.5 Å². The van der Waals surface area contributed by atoms with Crippen molar-refractivity contribution >= 4 is 21.4 Å². The Morgan fingerprint density at radius 1 is 1.41 bits per heavy atom. The van der Waals surface area contributed by atoms with E-state index in [9.17, 15) is 8.42 Å². The van der Waals surface area contributed by atoms with E-state index in [0.717, 1.165) is 35.7 Å². The highest BCUT2D eigenvalue weighted by molar-refractivity contribution is 7.89. The molecule has 2 heterocycles. The number of hydrogen-bond acceptors (Lipinski definition) is 5. The molecule has 1 fully saturated rings. The highest BCUT2D eigenvalue weighted by Crippen LogP contribution is 2.25. The van der Waals surface area contributed by atoms with Crippen molar-refractivity contribution in [3.05, 3.63) is 35.3 Å². The molecule has 0 aliphatic carbocycles. The molecule has 2 aromatic rings. The fraction of sp³-hybridized carbons (Fsp3) is 0.400. The maximum absolute atomic E-state index is 12.5. The first kappa shape index (κ1) is 15.6. The molecule has 0 unspecified atom stereocenters. The molecule has 2 N–H and O–H groups in total. The van der Waals surface area contributed by atoms with Gasteiger partial charge < -0.3 is 5.32 Å². The summed E-state index contributed by atoms with van der Waals surface area (Å²) in [4.78, 5) is 4.71. The van der Waals surface area contributed by atoms with Crippen molar-refractivity contribution < 1.29 is 8.42 Å². The molecule has 1 aromatic carbocycles. The van der Waals surface area contributed by atoms with Gasteiger partial charge in [-0.15, -0.1) is 11.3 Å². The topological polar surface area (TPSA) is 71.1 Å². The molecule has 1 aliphatic rings. The lowest BCUT2D eigenvalue weighted by molar-refractivity contribution is 0.428. The monoisotopic (exact) mass is 337 g/mol. The Morgan fingerprint density at radius 3 is 2.95 bits per heavy atom. The molecule has 0 spiro atoms. The zero-order valence-corrected chi connectivity index (χ0v) is 14.0. The van der Waals surface area contributed by atoms with E-state index in [0.29, 0.717) is 11.4 Å². The van der Waals surface area contributed by atoms with E-state index in [1.807, 2.05) is 18.4 Å². The molecule has 5 nitrogen and oxygen atoms in total. The lowest BCUT2D eigenvalue weighted by atomic mass is 10.1. The van der Waals surface area contributed by atoms with Gasteiger partial charge in [-0.2, -0.15) is 0 Å². The predicted octanol–water partition coefficient (Wildman–Crippen LogP) is 2.15. The van der Waals surface area contributed by atoms with E-state index in [-0.39, 0.29) is 6.04 Å². The summed E-state index contributed by atoms with van der Waals surface area (Å²) >= 11 is 1.52. The predicted molar refractivity (Wildman–Crippen MR) is 88.5 cm³/mol. The van der Waals surface area contributed by atoms with Crippen molar-refractivity contribution in [1.82, 2.24) is 15.0 Å². The van der Waals surface area contributed by atoms with Crippen molar-refractivity contribution in [1.29, 1.82) is 0 Å². The summed E-state index contributed by atoms with van der Waals surface area (Å²) in [7, 11) is -3.50. The van der Waals surface area contributed by atoms with Gasteiger partial charge in [-0.05, 0) is 38.4 Å². The number of aromatic nitrogens is 1. The minimum Gasteiger partial charge on any atom is -0.315 e. The van der Waals surface area contributed by atoms with Crippen molar-refractivity contribution in [2.24, 2.45) is 0 Å². The van der Waals surface area contributed by atoms with Crippen molar-refractivity contribution in [2.75, 3.05) is 13.1 Å². The SMILES string of the molecule is Cc1csc(-c2cccc(S(=O)(=O)N[C@@H]3CCCNC3)c2)n1. The molecule has 0 radical (unpaired) electrons. The maximum Gasteiger partial charge on any atom is 0.240 e. The van der Waals surface area contributed by atoms with Gasteiger partial charge in [0.1, 0.15) is 5.01 Å². The number of sulfonamides is 1. The molecule has 118 valence electrons. The molecule has 0 saturated carbocycles. The van der Waals surface area contributed by atoms with Gasteiger partial charge in [0.05, 0.1) is 4.90 Å². The highest BCUT2D eigenvalue weighted by atomic mass is 32.2. The molecular weight excluding hydrogens is 318 g/mol. The number of aryl methyl sites for hydroxylation is 1. The zero-order chi connectivity index (χ0) is 15.6. The maximum atomic E-state index is 12.5. The zero-order valence-electron chi connectivity index (χ0n) is 12.4. The van der Waals surface area contributed by atoms with E-state index < -0.39 is 10.0 Å². The Hall–Kier alpha value is -1.28. The van der Waals surface area contributed by atoms with Gasteiger partial charge in [0, 0.05) is 29.2 Å². The number of nitrogens with one attached hydrogen (secondary N) is 2. The minimum absolute atomic E-state index is 0.0375. The van der Waals surface area contributed by atoms with Gasteiger partial charge in [0.2, 0.25) is 10.0 Å². The van der Waals surface area contributed by atoms with E-state index in [1.54, 1.807) is 18.2 Å². The van der Waals surface area contributed by atoms with Gasteiger partial charge in [-0.1, -0.05) is 12.1 Å². The molecular formula is C15H19N3O2S2. The summed E-state index contributed by atoms with van der Waals surface area (Å²) in [6, 6.07) is 6.93. The van der Waals surface area contributed by atoms with Crippen LogP contribution in [0, 0.1) is 6.92 Å². The Kier molecular flexibility index (Phi) is 4.58. The standard InChI is InChI=1S/C15H19N3O2S2/c1-11-10-21-15(17-11)12-4-2-6-14(8-12)22(19,20)18-13-5-3-7-16-9-13/h2,4,6,8,10,13,16,18H,3,5,7,9H2,1H3/t13-/m1/s1. The summed E-state index contributed by atoms with van der Waals surface area (Å²) in [6.07, 6.45) is 1.86. The van der Waals surface area contributed by atoms with Gasteiger partial charge >= 0.3 is 0 Å². The first-order valence-electron chi connectivity index (χ1n) is 7.30. The number of nitrogens with zero attached hydrogens (tertiary/aromatic N) is 1. The fourth-order valence-corrected chi connectivity index (χ4v) is 4.63. The molecule has 1 saturated heterocycles. The highest BCUT2D eigenvalue weighted by Gasteiger charge is 2.22.